The maximum Gasteiger partial charge on any atom is 0.220 e. The van der Waals surface area contributed by atoms with Crippen molar-refractivity contribution < 1.29 is 4.79 Å². The number of carbonyl (C=O) groups is 1. The van der Waals surface area contributed by atoms with E-state index in [1.807, 2.05) is 28.8 Å². The van der Waals surface area contributed by atoms with E-state index in [0.717, 1.165) is 43.4 Å². The number of rotatable bonds is 4. The lowest BCUT2D eigenvalue weighted by atomic mass is 9.93. The number of pyridine rings is 1. The van der Waals surface area contributed by atoms with Gasteiger partial charge in [-0.15, -0.1) is 34.2 Å². The Labute approximate surface area is 170 Å². The Morgan fingerprint density at radius 2 is 2.08 bits per heavy atom. The highest BCUT2D eigenvalue weighted by Crippen LogP contribution is 2.20. The Morgan fingerprint density at radius 3 is 2.77 bits per heavy atom. The second-order valence-electron chi connectivity index (χ2n) is 6.25. The maximum absolute atomic E-state index is 11.5. The summed E-state index contributed by atoms with van der Waals surface area (Å²) in [5.74, 6) is 2.30. The maximum atomic E-state index is 11.5. The molecule has 26 heavy (non-hydrogen) atoms. The standard InChI is InChI=1S/C17H25N7O.HI/c1-18-16(25)11-13-6-9-23(10-7-13)17(19-2)20-12-15-22-21-14-5-3-4-8-24(14)15;/h3-5,8,13H,6-7,9-12H2,1-2H3,(H,18,25)(H,19,20);1H. The first-order chi connectivity index (χ1) is 12.2. The summed E-state index contributed by atoms with van der Waals surface area (Å²) in [6.07, 6.45) is 4.57. The predicted molar refractivity (Wildman–Crippen MR) is 112 cm³/mol. The van der Waals surface area contributed by atoms with Gasteiger partial charge >= 0.3 is 0 Å². The third-order valence-electron chi connectivity index (χ3n) is 4.67. The molecule has 0 radical (unpaired) electrons. The number of hydrogen-bond acceptors (Lipinski definition) is 4. The number of carbonyl (C=O) groups excluding carboxylic acids is 1. The van der Waals surface area contributed by atoms with Gasteiger partial charge in [-0.3, -0.25) is 14.2 Å². The Morgan fingerprint density at radius 1 is 1.31 bits per heavy atom. The Hall–Kier alpha value is -1.91. The van der Waals surface area contributed by atoms with Gasteiger partial charge < -0.3 is 15.5 Å². The number of piperidine rings is 1. The number of likely N-dealkylation sites (tertiary alicyclic amines) is 1. The molecule has 8 nitrogen and oxygen atoms in total. The van der Waals surface area contributed by atoms with Gasteiger partial charge in [0.15, 0.2) is 17.4 Å². The average Bonchev–Trinajstić information content (AvgIpc) is 3.06. The summed E-state index contributed by atoms with van der Waals surface area (Å²) < 4.78 is 1.97. The number of aliphatic imine (C=N–C) groups is 1. The lowest BCUT2D eigenvalue weighted by Crippen LogP contribution is -2.45. The molecule has 0 spiro atoms. The van der Waals surface area contributed by atoms with Gasteiger partial charge in [0.25, 0.3) is 0 Å². The van der Waals surface area contributed by atoms with Crippen LogP contribution >= 0.6 is 24.0 Å². The number of halogens is 1. The summed E-state index contributed by atoms with van der Waals surface area (Å²) in [6.45, 7) is 2.37. The van der Waals surface area contributed by atoms with Gasteiger partial charge in [-0.05, 0) is 30.9 Å². The molecule has 2 N–H and O–H groups in total. The minimum Gasteiger partial charge on any atom is -0.359 e. The number of aromatic nitrogens is 3. The first-order valence-corrected chi connectivity index (χ1v) is 8.66. The Bertz CT molecular complexity index is 752. The fraction of sp³-hybridized carbons (Fsp3) is 0.529. The number of hydrogen-bond donors (Lipinski definition) is 2. The van der Waals surface area contributed by atoms with Crippen molar-refractivity contribution in [3.05, 3.63) is 30.2 Å². The highest BCUT2D eigenvalue weighted by molar-refractivity contribution is 14.0. The predicted octanol–water partition coefficient (Wildman–Crippen LogP) is 1.27. The van der Waals surface area contributed by atoms with Crippen LogP contribution in [0.4, 0.5) is 0 Å². The zero-order valence-corrected chi connectivity index (χ0v) is 17.5. The van der Waals surface area contributed by atoms with E-state index < -0.39 is 0 Å². The van der Waals surface area contributed by atoms with E-state index in [1.54, 1.807) is 14.1 Å². The van der Waals surface area contributed by atoms with Gasteiger partial charge in [0.1, 0.15) is 0 Å². The van der Waals surface area contributed by atoms with Crippen molar-refractivity contribution in [2.24, 2.45) is 10.9 Å². The topological polar surface area (TPSA) is 86.9 Å². The van der Waals surface area contributed by atoms with Crippen LogP contribution in [0.5, 0.6) is 0 Å². The summed E-state index contributed by atoms with van der Waals surface area (Å²) >= 11 is 0. The van der Waals surface area contributed by atoms with Crippen molar-refractivity contribution >= 4 is 41.5 Å². The molecule has 3 heterocycles. The number of guanidine groups is 1. The summed E-state index contributed by atoms with van der Waals surface area (Å²) in [5, 5.41) is 14.5. The van der Waals surface area contributed by atoms with Crippen molar-refractivity contribution in [1.82, 2.24) is 30.1 Å². The van der Waals surface area contributed by atoms with E-state index in [-0.39, 0.29) is 29.9 Å². The fourth-order valence-corrected chi connectivity index (χ4v) is 3.22. The highest BCUT2D eigenvalue weighted by atomic mass is 127. The van der Waals surface area contributed by atoms with E-state index >= 15 is 0 Å². The molecule has 1 amide bonds. The van der Waals surface area contributed by atoms with Crippen LogP contribution in [-0.4, -0.2) is 58.5 Å². The van der Waals surface area contributed by atoms with E-state index in [9.17, 15) is 4.79 Å². The van der Waals surface area contributed by atoms with E-state index in [4.69, 9.17) is 0 Å². The molecule has 2 aromatic heterocycles. The summed E-state index contributed by atoms with van der Waals surface area (Å²) in [4.78, 5) is 18.1. The molecule has 0 saturated carbocycles. The van der Waals surface area contributed by atoms with Crippen LogP contribution in [0.2, 0.25) is 0 Å². The Kier molecular flexibility index (Phi) is 7.61. The number of fused-ring (bicyclic) bond motifs is 1. The van der Waals surface area contributed by atoms with Crippen molar-refractivity contribution in [3.63, 3.8) is 0 Å². The van der Waals surface area contributed by atoms with Crippen LogP contribution in [0.1, 0.15) is 25.1 Å². The van der Waals surface area contributed by atoms with E-state index in [0.29, 0.717) is 18.9 Å². The molecule has 1 fully saturated rings. The fourth-order valence-electron chi connectivity index (χ4n) is 3.22. The van der Waals surface area contributed by atoms with Gasteiger partial charge in [0, 0.05) is 39.8 Å². The number of nitrogens with one attached hydrogen (secondary N) is 2. The molecule has 2 aromatic rings. The molecular weight excluding hydrogens is 445 g/mol. The van der Waals surface area contributed by atoms with Crippen molar-refractivity contribution in [3.8, 4) is 0 Å². The first-order valence-electron chi connectivity index (χ1n) is 8.66. The zero-order chi connectivity index (χ0) is 17.6. The highest BCUT2D eigenvalue weighted by Gasteiger charge is 2.23. The summed E-state index contributed by atoms with van der Waals surface area (Å²) in [5.41, 5.74) is 0.837. The van der Waals surface area contributed by atoms with Crippen molar-refractivity contribution in [1.29, 1.82) is 0 Å². The largest absolute Gasteiger partial charge is 0.359 e. The number of amides is 1. The van der Waals surface area contributed by atoms with Crippen LogP contribution in [0.15, 0.2) is 29.4 Å². The van der Waals surface area contributed by atoms with Gasteiger partial charge in [0.2, 0.25) is 5.91 Å². The van der Waals surface area contributed by atoms with Crippen molar-refractivity contribution in [2.45, 2.75) is 25.8 Å². The molecule has 142 valence electrons. The molecule has 1 aliphatic rings. The summed E-state index contributed by atoms with van der Waals surface area (Å²) in [7, 11) is 3.48. The first kappa shape index (κ1) is 20.4. The molecule has 1 aliphatic heterocycles. The molecule has 0 atom stereocenters. The number of nitrogens with zero attached hydrogens (tertiary/aromatic N) is 5. The van der Waals surface area contributed by atoms with Crippen LogP contribution in [0, 0.1) is 5.92 Å². The molecule has 9 heteroatoms. The van der Waals surface area contributed by atoms with Crippen LogP contribution in [0.3, 0.4) is 0 Å². The SMILES string of the molecule is CN=C(NCc1nnc2ccccn12)N1CCC(CC(=O)NC)CC1.I. The molecule has 1 saturated heterocycles. The monoisotopic (exact) mass is 471 g/mol. The van der Waals surface area contributed by atoms with E-state index in [2.05, 4.69) is 30.7 Å². The molecule has 0 unspecified atom stereocenters. The molecule has 0 aromatic carbocycles. The molecule has 0 aliphatic carbocycles. The second kappa shape index (κ2) is 9.70. The molecule has 3 rings (SSSR count). The smallest absolute Gasteiger partial charge is 0.220 e. The second-order valence-corrected chi connectivity index (χ2v) is 6.25. The van der Waals surface area contributed by atoms with Crippen molar-refractivity contribution in [2.75, 3.05) is 27.2 Å². The quantitative estimate of drug-likeness (QED) is 0.399. The third-order valence-corrected chi connectivity index (χ3v) is 4.67. The molecule has 0 bridgehead atoms. The van der Waals surface area contributed by atoms with Gasteiger partial charge in [0.05, 0.1) is 6.54 Å². The lowest BCUT2D eigenvalue weighted by molar-refractivity contribution is -0.121. The third kappa shape index (κ3) is 4.83. The summed E-state index contributed by atoms with van der Waals surface area (Å²) in [6, 6.07) is 5.84. The van der Waals surface area contributed by atoms with Crippen LogP contribution < -0.4 is 10.6 Å². The normalized spacial score (nSPS) is 15.6. The average molecular weight is 471 g/mol. The van der Waals surface area contributed by atoms with Gasteiger partial charge in [-0.25, -0.2) is 0 Å². The minimum absolute atomic E-state index is 0. The van der Waals surface area contributed by atoms with E-state index in [1.165, 1.54) is 0 Å². The molecular formula is C17H26IN7O. The van der Waals surface area contributed by atoms with Gasteiger partial charge in [-0.2, -0.15) is 0 Å². The minimum atomic E-state index is 0. The Balaban J connectivity index is 0.00000243. The van der Waals surface area contributed by atoms with Crippen LogP contribution in [-0.2, 0) is 11.3 Å². The van der Waals surface area contributed by atoms with Crippen LogP contribution in [0.25, 0.3) is 5.65 Å². The zero-order valence-electron chi connectivity index (χ0n) is 15.2. The van der Waals surface area contributed by atoms with Gasteiger partial charge in [-0.1, -0.05) is 6.07 Å². The lowest BCUT2D eigenvalue weighted by Gasteiger charge is -2.33.